The Balaban J connectivity index is 1.22. The summed E-state index contributed by atoms with van der Waals surface area (Å²) in [5, 5.41) is 3.86. The van der Waals surface area contributed by atoms with Crippen LogP contribution in [0.15, 0.2) is 41.1 Å². The summed E-state index contributed by atoms with van der Waals surface area (Å²) in [7, 11) is 0. The Kier molecular flexibility index (Phi) is 6.72. The first-order valence-corrected chi connectivity index (χ1v) is 11.9. The number of benzene rings is 1. The lowest BCUT2D eigenvalue weighted by atomic mass is 9.97. The van der Waals surface area contributed by atoms with Crippen LogP contribution in [0, 0.1) is 11.8 Å². The Morgan fingerprint density at radius 3 is 2.10 bits per heavy atom. The summed E-state index contributed by atoms with van der Waals surface area (Å²) in [4.78, 5) is 29.0. The van der Waals surface area contributed by atoms with Crippen LogP contribution < -0.4 is 4.74 Å². The van der Waals surface area contributed by atoms with Gasteiger partial charge in [0.05, 0.1) is 12.2 Å². The first-order chi connectivity index (χ1) is 14.6. The number of thiophene rings is 1. The van der Waals surface area contributed by atoms with Gasteiger partial charge in [-0.05, 0) is 73.2 Å². The minimum atomic E-state index is 0.121. The van der Waals surface area contributed by atoms with Crippen LogP contribution in [0.3, 0.4) is 0 Å². The fourth-order valence-corrected chi connectivity index (χ4v) is 4.80. The molecular weight excluding hydrogens is 396 g/mol. The predicted octanol–water partition coefficient (Wildman–Crippen LogP) is 4.55. The van der Waals surface area contributed by atoms with Crippen LogP contribution >= 0.6 is 11.3 Å². The molecule has 2 aliphatic rings. The summed E-state index contributed by atoms with van der Waals surface area (Å²) in [5.41, 5.74) is 1.53. The molecule has 160 valence electrons. The molecule has 6 heteroatoms. The van der Waals surface area contributed by atoms with Gasteiger partial charge in [-0.25, -0.2) is 0 Å². The lowest BCUT2D eigenvalue weighted by Gasteiger charge is -2.31. The predicted molar refractivity (Wildman–Crippen MR) is 119 cm³/mol. The molecule has 2 aromatic rings. The third kappa shape index (κ3) is 5.04. The van der Waals surface area contributed by atoms with Crippen LogP contribution in [-0.4, -0.2) is 54.4 Å². The Bertz CT molecular complexity index is 834. The van der Waals surface area contributed by atoms with Crippen LogP contribution in [-0.2, 0) is 0 Å². The topological polar surface area (TPSA) is 49.9 Å². The monoisotopic (exact) mass is 426 g/mol. The molecule has 1 aromatic carbocycles. The molecule has 0 bridgehead atoms. The van der Waals surface area contributed by atoms with Crippen molar-refractivity contribution in [2.45, 2.75) is 32.6 Å². The standard InChI is InChI=1S/C24H30N2O3S/c1-18-6-11-25(12-7-18)23(27)20-2-4-22(5-3-20)29-16-19-8-13-26(14-9-19)24(28)21-10-15-30-17-21/h2-5,10,15,17-19H,6-9,11-14,16H2,1H3. The zero-order chi connectivity index (χ0) is 20.9. The van der Waals surface area contributed by atoms with E-state index in [-0.39, 0.29) is 11.8 Å². The maximum Gasteiger partial charge on any atom is 0.254 e. The van der Waals surface area contributed by atoms with E-state index >= 15 is 0 Å². The SMILES string of the molecule is CC1CCN(C(=O)c2ccc(OCC3CCN(C(=O)c4ccsc4)CC3)cc2)CC1. The van der Waals surface area contributed by atoms with E-state index in [4.69, 9.17) is 4.74 Å². The molecule has 2 fully saturated rings. The molecular formula is C24H30N2O3S. The lowest BCUT2D eigenvalue weighted by molar-refractivity contribution is 0.0659. The van der Waals surface area contributed by atoms with E-state index in [1.807, 2.05) is 50.9 Å². The van der Waals surface area contributed by atoms with Crippen LogP contribution in [0.25, 0.3) is 0 Å². The Morgan fingerprint density at radius 1 is 0.900 bits per heavy atom. The summed E-state index contributed by atoms with van der Waals surface area (Å²) in [5.74, 6) is 2.23. The molecule has 0 radical (unpaired) electrons. The van der Waals surface area contributed by atoms with Crippen molar-refractivity contribution in [2.24, 2.45) is 11.8 Å². The van der Waals surface area contributed by atoms with Crippen LogP contribution in [0.2, 0.25) is 0 Å². The van der Waals surface area contributed by atoms with Gasteiger partial charge in [0.2, 0.25) is 0 Å². The number of amides is 2. The largest absolute Gasteiger partial charge is 0.493 e. The number of rotatable bonds is 5. The first kappa shape index (κ1) is 20.9. The average molecular weight is 427 g/mol. The highest BCUT2D eigenvalue weighted by Gasteiger charge is 2.24. The summed E-state index contributed by atoms with van der Waals surface area (Å²) in [6.07, 6.45) is 4.09. The number of hydrogen-bond acceptors (Lipinski definition) is 4. The molecule has 0 atom stereocenters. The van der Waals surface area contributed by atoms with E-state index in [1.165, 1.54) is 0 Å². The normalized spacial score (nSPS) is 18.4. The molecule has 0 unspecified atom stereocenters. The molecule has 0 saturated carbocycles. The van der Waals surface area contributed by atoms with E-state index < -0.39 is 0 Å². The van der Waals surface area contributed by atoms with Crippen molar-refractivity contribution in [3.63, 3.8) is 0 Å². The molecule has 4 rings (SSSR count). The van der Waals surface area contributed by atoms with E-state index in [2.05, 4.69) is 6.92 Å². The van der Waals surface area contributed by atoms with E-state index in [0.29, 0.717) is 18.4 Å². The van der Waals surface area contributed by atoms with Gasteiger partial charge in [0, 0.05) is 37.1 Å². The maximum atomic E-state index is 12.6. The third-order valence-electron chi connectivity index (χ3n) is 6.33. The quantitative estimate of drug-likeness (QED) is 0.705. The molecule has 2 amide bonds. The molecule has 5 nitrogen and oxygen atoms in total. The molecule has 2 aliphatic heterocycles. The van der Waals surface area contributed by atoms with Gasteiger partial charge in [-0.3, -0.25) is 9.59 Å². The van der Waals surface area contributed by atoms with Crippen molar-refractivity contribution in [2.75, 3.05) is 32.8 Å². The van der Waals surface area contributed by atoms with Crippen molar-refractivity contribution in [3.05, 3.63) is 52.2 Å². The number of hydrogen-bond donors (Lipinski definition) is 0. The van der Waals surface area contributed by atoms with Crippen molar-refractivity contribution < 1.29 is 14.3 Å². The number of nitrogens with zero attached hydrogens (tertiary/aromatic N) is 2. The van der Waals surface area contributed by atoms with Gasteiger partial charge in [0.25, 0.3) is 11.8 Å². The van der Waals surface area contributed by atoms with Crippen LogP contribution in [0.1, 0.15) is 53.3 Å². The molecule has 30 heavy (non-hydrogen) atoms. The Morgan fingerprint density at radius 2 is 1.50 bits per heavy atom. The fraction of sp³-hybridized carbons (Fsp3) is 0.500. The Hall–Kier alpha value is -2.34. The molecule has 1 aromatic heterocycles. The van der Waals surface area contributed by atoms with Gasteiger partial charge < -0.3 is 14.5 Å². The highest BCUT2D eigenvalue weighted by Crippen LogP contribution is 2.23. The number of carbonyl (C=O) groups excluding carboxylic acids is 2. The van der Waals surface area contributed by atoms with Gasteiger partial charge in [0.15, 0.2) is 0 Å². The van der Waals surface area contributed by atoms with Gasteiger partial charge in [-0.15, -0.1) is 0 Å². The van der Waals surface area contributed by atoms with E-state index in [1.54, 1.807) is 11.3 Å². The zero-order valence-corrected chi connectivity index (χ0v) is 18.4. The maximum absolute atomic E-state index is 12.6. The first-order valence-electron chi connectivity index (χ1n) is 10.9. The highest BCUT2D eigenvalue weighted by atomic mass is 32.1. The van der Waals surface area contributed by atoms with Crippen molar-refractivity contribution in [3.8, 4) is 5.75 Å². The van der Waals surface area contributed by atoms with Gasteiger partial charge in [0.1, 0.15) is 5.75 Å². The Labute approximate surface area is 182 Å². The van der Waals surface area contributed by atoms with Crippen molar-refractivity contribution >= 4 is 23.2 Å². The second-order valence-electron chi connectivity index (χ2n) is 8.56. The molecule has 2 saturated heterocycles. The van der Waals surface area contributed by atoms with Crippen LogP contribution in [0.5, 0.6) is 5.75 Å². The minimum Gasteiger partial charge on any atom is -0.493 e. The molecule has 0 aliphatic carbocycles. The number of likely N-dealkylation sites (tertiary alicyclic amines) is 2. The smallest absolute Gasteiger partial charge is 0.254 e. The van der Waals surface area contributed by atoms with Crippen molar-refractivity contribution in [1.82, 2.24) is 9.80 Å². The highest BCUT2D eigenvalue weighted by molar-refractivity contribution is 7.08. The van der Waals surface area contributed by atoms with Crippen LogP contribution in [0.4, 0.5) is 0 Å². The van der Waals surface area contributed by atoms with Gasteiger partial charge >= 0.3 is 0 Å². The lowest BCUT2D eigenvalue weighted by Crippen LogP contribution is -2.39. The number of ether oxygens (including phenoxy) is 1. The van der Waals surface area contributed by atoms with Gasteiger partial charge in [-0.2, -0.15) is 11.3 Å². The molecule has 0 N–H and O–H groups in total. The third-order valence-corrected chi connectivity index (χ3v) is 7.01. The second-order valence-corrected chi connectivity index (χ2v) is 9.34. The molecule has 0 spiro atoms. The van der Waals surface area contributed by atoms with E-state index in [9.17, 15) is 9.59 Å². The number of carbonyl (C=O) groups is 2. The second kappa shape index (κ2) is 9.65. The number of piperidine rings is 2. The van der Waals surface area contributed by atoms with Gasteiger partial charge in [-0.1, -0.05) is 6.92 Å². The zero-order valence-electron chi connectivity index (χ0n) is 17.6. The minimum absolute atomic E-state index is 0.121. The average Bonchev–Trinajstić information content (AvgIpc) is 3.33. The summed E-state index contributed by atoms with van der Waals surface area (Å²) < 4.78 is 5.98. The fourth-order valence-electron chi connectivity index (χ4n) is 4.17. The van der Waals surface area contributed by atoms with E-state index in [0.717, 1.165) is 68.7 Å². The summed E-state index contributed by atoms with van der Waals surface area (Å²) >= 11 is 1.56. The summed E-state index contributed by atoms with van der Waals surface area (Å²) in [6.45, 7) is 6.17. The van der Waals surface area contributed by atoms with Crippen molar-refractivity contribution in [1.29, 1.82) is 0 Å². The molecule has 3 heterocycles. The summed E-state index contributed by atoms with van der Waals surface area (Å²) in [6, 6.07) is 9.43.